The van der Waals surface area contributed by atoms with Gasteiger partial charge in [0.05, 0.1) is 11.4 Å². The van der Waals surface area contributed by atoms with E-state index in [1.54, 1.807) is 44.2 Å². The van der Waals surface area contributed by atoms with Crippen LogP contribution in [0.25, 0.3) is 0 Å². The normalized spacial score (nSPS) is 16.4. The zero-order chi connectivity index (χ0) is 19.3. The number of carbonyl (C=O) groups is 1. The van der Waals surface area contributed by atoms with Crippen LogP contribution in [0.5, 0.6) is 0 Å². The first kappa shape index (κ1) is 22.4. The molecule has 1 aromatic carbocycles. The number of aliphatic hydroxyl groups is 1. The fourth-order valence-corrected chi connectivity index (χ4v) is 3.99. The van der Waals surface area contributed by atoms with Crippen molar-refractivity contribution in [3.05, 3.63) is 58.3 Å². The standard InChI is InChI=1S/C22H25NO3S.ClH/c1-21(2,13-9-16-23-14-6-7-15-23)26-20(24)22(25,19-12-8-17-27-19)18-10-4-3-5-11-18;/h3-5,8,10-12,17,25H,6-7,14-16H2,1-2H3;1H. The van der Waals surface area contributed by atoms with Crippen LogP contribution in [0.2, 0.25) is 0 Å². The Balaban J connectivity index is 0.00000280. The smallest absolute Gasteiger partial charge is 0.350 e. The minimum Gasteiger partial charge on any atom is -0.444 e. The fraction of sp³-hybridized carbons (Fsp3) is 0.409. The molecule has 2 heterocycles. The topological polar surface area (TPSA) is 49.8 Å². The molecule has 0 bridgehead atoms. The third kappa shape index (κ3) is 5.15. The third-order valence-electron chi connectivity index (χ3n) is 4.60. The summed E-state index contributed by atoms with van der Waals surface area (Å²) in [5, 5.41) is 13.2. The lowest BCUT2D eigenvalue weighted by Crippen LogP contribution is -2.42. The Hall–Kier alpha value is -1.84. The Morgan fingerprint density at radius 3 is 2.46 bits per heavy atom. The van der Waals surface area contributed by atoms with Gasteiger partial charge in [-0.05, 0) is 51.2 Å². The van der Waals surface area contributed by atoms with E-state index in [9.17, 15) is 9.90 Å². The van der Waals surface area contributed by atoms with Gasteiger partial charge in [-0.25, -0.2) is 4.79 Å². The van der Waals surface area contributed by atoms with Gasteiger partial charge < -0.3 is 9.84 Å². The summed E-state index contributed by atoms with van der Waals surface area (Å²) in [4.78, 5) is 15.9. The zero-order valence-corrected chi connectivity index (χ0v) is 17.8. The second-order valence-corrected chi connectivity index (χ2v) is 8.19. The van der Waals surface area contributed by atoms with E-state index in [2.05, 4.69) is 16.7 Å². The van der Waals surface area contributed by atoms with E-state index in [0.717, 1.165) is 13.1 Å². The van der Waals surface area contributed by atoms with Gasteiger partial charge in [0.1, 0.15) is 0 Å². The van der Waals surface area contributed by atoms with E-state index in [4.69, 9.17) is 4.74 Å². The molecule has 3 rings (SSSR count). The maximum Gasteiger partial charge on any atom is 0.350 e. The highest BCUT2D eigenvalue weighted by molar-refractivity contribution is 7.10. The molecule has 1 fully saturated rings. The van der Waals surface area contributed by atoms with Crippen LogP contribution in [0, 0.1) is 11.8 Å². The third-order valence-corrected chi connectivity index (χ3v) is 5.58. The van der Waals surface area contributed by atoms with E-state index in [0.29, 0.717) is 17.0 Å². The summed E-state index contributed by atoms with van der Waals surface area (Å²) >= 11 is 1.32. The number of halogens is 1. The molecule has 0 radical (unpaired) electrons. The number of thiophene rings is 1. The second kappa shape index (κ2) is 9.58. The maximum atomic E-state index is 13.1. The van der Waals surface area contributed by atoms with Gasteiger partial charge in [0.2, 0.25) is 5.60 Å². The first-order valence-corrected chi connectivity index (χ1v) is 10.1. The highest BCUT2D eigenvalue weighted by Crippen LogP contribution is 2.35. The molecule has 2 aromatic rings. The number of ether oxygens (including phenoxy) is 1. The number of rotatable bonds is 5. The molecular formula is C22H26ClNO3S. The molecule has 1 aromatic heterocycles. The average Bonchev–Trinajstić information content (AvgIpc) is 3.35. The average molecular weight is 420 g/mol. The van der Waals surface area contributed by atoms with E-state index >= 15 is 0 Å². The van der Waals surface area contributed by atoms with Crippen molar-refractivity contribution in [2.45, 2.75) is 37.9 Å². The molecule has 6 heteroatoms. The van der Waals surface area contributed by atoms with Crippen molar-refractivity contribution in [3.8, 4) is 11.8 Å². The van der Waals surface area contributed by atoms with Gasteiger partial charge in [-0.3, -0.25) is 4.90 Å². The number of esters is 1. The van der Waals surface area contributed by atoms with Crippen molar-refractivity contribution in [2.75, 3.05) is 19.6 Å². The lowest BCUT2D eigenvalue weighted by Gasteiger charge is -2.29. The first-order chi connectivity index (χ1) is 12.9. The summed E-state index contributed by atoms with van der Waals surface area (Å²) < 4.78 is 5.67. The number of hydrogen-bond acceptors (Lipinski definition) is 5. The summed E-state index contributed by atoms with van der Waals surface area (Å²) in [7, 11) is 0. The van der Waals surface area contributed by atoms with Gasteiger partial charge in [-0.15, -0.1) is 23.7 Å². The number of hydrogen-bond donors (Lipinski definition) is 1. The highest BCUT2D eigenvalue weighted by Gasteiger charge is 2.44. The van der Waals surface area contributed by atoms with Gasteiger partial charge in [0.25, 0.3) is 0 Å². The fourth-order valence-electron chi connectivity index (χ4n) is 3.16. The number of likely N-dealkylation sites (tertiary alicyclic amines) is 1. The molecule has 1 atom stereocenters. The molecule has 1 N–H and O–H groups in total. The predicted molar refractivity (Wildman–Crippen MR) is 115 cm³/mol. The first-order valence-electron chi connectivity index (χ1n) is 9.19. The lowest BCUT2D eigenvalue weighted by atomic mass is 9.92. The van der Waals surface area contributed by atoms with Crippen molar-refractivity contribution in [1.82, 2.24) is 4.90 Å². The molecule has 1 aliphatic rings. The van der Waals surface area contributed by atoms with Gasteiger partial charge >= 0.3 is 5.97 Å². The number of carbonyl (C=O) groups excluding carboxylic acids is 1. The van der Waals surface area contributed by atoms with Crippen LogP contribution in [0.15, 0.2) is 47.8 Å². The second-order valence-electron chi connectivity index (χ2n) is 7.24. The summed E-state index contributed by atoms with van der Waals surface area (Å²) in [6, 6.07) is 12.4. The molecule has 150 valence electrons. The van der Waals surface area contributed by atoms with Crippen molar-refractivity contribution >= 4 is 29.7 Å². The largest absolute Gasteiger partial charge is 0.444 e. The lowest BCUT2D eigenvalue weighted by molar-refractivity contribution is -0.170. The van der Waals surface area contributed by atoms with E-state index in [1.807, 2.05) is 17.5 Å². The molecule has 0 spiro atoms. The minimum atomic E-state index is -1.84. The SMILES string of the molecule is CC(C)(C#CCN1CCCC1)OC(=O)C(O)(c1ccccc1)c1cccs1.Cl. The van der Waals surface area contributed by atoms with Gasteiger partial charge in [0, 0.05) is 5.56 Å². The monoisotopic (exact) mass is 419 g/mol. The Bertz CT molecular complexity index is 820. The molecule has 0 saturated carbocycles. The number of benzene rings is 1. The summed E-state index contributed by atoms with van der Waals surface area (Å²) in [5.41, 5.74) is -2.35. The Morgan fingerprint density at radius 2 is 1.86 bits per heavy atom. The van der Waals surface area contributed by atoms with Crippen molar-refractivity contribution in [2.24, 2.45) is 0 Å². The highest BCUT2D eigenvalue weighted by atomic mass is 35.5. The zero-order valence-electron chi connectivity index (χ0n) is 16.2. The van der Waals surface area contributed by atoms with Crippen molar-refractivity contribution in [3.63, 3.8) is 0 Å². The van der Waals surface area contributed by atoms with Crippen LogP contribution >= 0.6 is 23.7 Å². The van der Waals surface area contributed by atoms with Gasteiger partial charge in [-0.1, -0.05) is 48.2 Å². The molecule has 0 aliphatic carbocycles. The van der Waals surface area contributed by atoms with Gasteiger partial charge in [-0.2, -0.15) is 0 Å². The molecule has 28 heavy (non-hydrogen) atoms. The summed E-state index contributed by atoms with van der Waals surface area (Å²) in [6.45, 7) is 6.32. The maximum absolute atomic E-state index is 13.1. The Labute approximate surface area is 176 Å². The van der Waals surface area contributed by atoms with Crippen molar-refractivity contribution in [1.29, 1.82) is 0 Å². The van der Waals surface area contributed by atoms with E-state index in [1.165, 1.54) is 24.2 Å². The summed E-state index contributed by atoms with van der Waals surface area (Å²) in [5.74, 6) is 5.45. The summed E-state index contributed by atoms with van der Waals surface area (Å²) in [6.07, 6.45) is 2.43. The minimum absolute atomic E-state index is 0. The molecule has 1 unspecified atom stereocenters. The predicted octanol–water partition coefficient (Wildman–Crippen LogP) is 3.83. The molecule has 4 nitrogen and oxygen atoms in total. The van der Waals surface area contributed by atoms with Crippen LogP contribution in [0.1, 0.15) is 37.1 Å². The Morgan fingerprint density at radius 1 is 1.18 bits per heavy atom. The van der Waals surface area contributed by atoms with Crippen LogP contribution in [-0.2, 0) is 15.1 Å². The van der Waals surface area contributed by atoms with Crippen LogP contribution in [-0.4, -0.2) is 41.2 Å². The molecule has 0 amide bonds. The Kier molecular flexibility index (Phi) is 7.68. The molecule has 1 aliphatic heterocycles. The number of nitrogens with zero attached hydrogens (tertiary/aromatic N) is 1. The van der Waals surface area contributed by atoms with Crippen LogP contribution < -0.4 is 0 Å². The molecule has 1 saturated heterocycles. The van der Waals surface area contributed by atoms with Crippen LogP contribution in [0.3, 0.4) is 0 Å². The van der Waals surface area contributed by atoms with E-state index in [-0.39, 0.29) is 12.4 Å². The van der Waals surface area contributed by atoms with E-state index < -0.39 is 17.2 Å². The quantitative estimate of drug-likeness (QED) is 0.591. The molecular weight excluding hydrogens is 394 g/mol. The van der Waals surface area contributed by atoms with Crippen LogP contribution in [0.4, 0.5) is 0 Å². The van der Waals surface area contributed by atoms with Gasteiger partial charge in [0.15, 0.2) is 5.60 Å². The van der Waals surface area contributed by atoms with Crippen molar-refractivity contribution < 1.29 is 14.6 Å².